The van der Waals surface area contributed by atoms with Gasteiger partial charge in [0.2, 0.25) is 0 Å². The van der Waals surface area contributed by atoms with Crippen molar-refractivity contribution in [3.63, 3.8) is 0 Å². The van der Waals surface area contributed by atoms with Crippen LogP contribution in [0.2, 0.25) is 0 Å². The molecular formula is C19H25N3O2. The molecule has 0 radical (unpaired) electrons. The number of carbonyl (C=O) groups is 1. The predicted octanol–water partition coefficient (Wildman–Crippen LogP) is 3.97. The van der Waals surface area contributed by atoms with E-state index in [-0.39, 0.29) is 12.0 Å². The lowest BCUT2D eigenvalue weighted by Crippen LogP contribution is -2.23. The molecular weight excluding hydrogens is 302 g/mol. The van der Waals surface area contributed by atoms with E-state index >= 15 is 0 Å². The number of hydrogen-bond donors (Lipinski definition) is 1. The molecule has 5 heteroatoms. The van der Waals surface area contributed by atoms with Gasteiger partial charge in [-0.15, -0.1) is 0 Å². The molecule has 0 fully saturated rings. The number of nitrogens with one attached hydrogen (secondary N) is 1. The van der Waals surface area contributed by atoms with Crippen molar-refractivity contribution in [3.8, 4) is 5.75 Å². The van der Waals surface area contributed by atoms with E-state index in [1.165, 1.54) is 0 Å². The van der Waals surface area contributed by atoms with Gasteiger partial charge in [-0.25, -0.2) is 0 Å². The van der Waals surface area contributed by atoms with Gasteiger partial charge in [0.25, 0.3) is 5.91 Å². The average molecular weight is 327 g/mol. The summed E-state index contributed by atoms with van der Waals surface area (Å²) in [4.78, 5) is 18.8. The lowest BCUT2D eigenvalue weighted by atomic mass is 10.2. The maximum Gasteiger partial charge on any atom is 0.274 e. The molecule has 128 valence electrons. The van der Waals surface area contributed by atoms with Crippen LogP contribution in [0, 0.1) is 0 Å². The van der Waals surface area contributed by atoms with E-state index in [0.717, 1.165) is 24.5 Å². The molecule has 2 rings (SSSR count). The molecule has 0 bridgehead atoms. The summed E-state index contributed by atoms with van der Waals surface area (Å²) >= 11 is 0. The van der Waals surface area contributed by atoms with E-state index in [1.807, 2.05) is 50.2 Å². The first-order valence-corrected chi connectivity index (χ1v) is 8.32. The Balaban J connectivity index is 2.08. The molecule has 0 aliphatic carbocycles. The van der Waals surface area contributed by atoms with Crippen molar-refractivity contribution in [2.45, 2.75) is 33.8 Å². The summed E-state index contributed by atoms with van der Waals surface area (Å²) in [6.45, 7) is 9.90. The third-order valence-corrected chi connectivity index (χ3v) is 3.59. The van der Waals surface area contributed by atoms with Crippen molar-refractivity contribution in [1.82, 2.24) is 4.98 Å². The van der Waals surface area contributed by atoms with Gasteiger partial charge in [-0.2, -0.15) is 0 Å². The Bertz CT molecular complexity index is 665. The molecule has 1 heterocycles. The first kappa shape index (κ1) is 17.8. The van der Waals surface area contributed by atoms with Crippen molar-refractivity contribution in [2.24, 2.45) is 0 Å². The molecule has 0 unspecified atom stereocenters. The number of rotatable bonds is 7. The molecule has 1 amide bonds. The van der Waals surface area contributed by atoms with Crippen LogP contribution in [-0.4, -0.2) is 30.1 Å². The third kappa shape index (κ3) is 4.72. The summed E-state index contributed by atoms with van der Waals surface area (Å²) in [5, 5.41) is 2.87. The van der Waals surface area contributed by atoms with E-state index in [1.54, 1.807) is 6.20 Å². The van der Waals surface area contributed by atoms with Crippen molar-refractivity contribution in [3.05, 3.63) is 48.3 Å². The van der Waals surface area contributed by atoms with Crippen molar-refractivity contribution in [2.75, 3.05) is 23.3 Å². The van der Waals surface area contributed by atoms with Gasteiger partial charge in [0.05, 0.1) is 6.10 Å². The van der Waals surface area contributed by atoms with E-state index < -0.39 is 0 Å². The standard InChI is InChI=1S/C19H25N3O2/c1-5-22(6-2)16-11-12-20-18(13-16)19(23)21-15-7-9-17(10-8-15)24-14(3)4/h7-14H,5-6H2,1-4H3,(H,21,23). The first-order chi connectivity index (χ1) is 11.5. The van der Waals surface area contributed by atoms with E-state index in [2.05, 4.69) is 29.0 Å². The second kappa shape index (κ2) is 8.34. The normalized spacial score (nSPS) is 10.5. The Morgan fingerprint density at radius 3 is 2.42 bits per heavy atom. The summed E-state index contributed by atoms with van der Waals surface area (Å²) in [5.74, 6) is 0.561. The SMILES string of the molecule is CCN(CC)c1ccnc(C(=O)Nc2ccc(OC(C)C)cc2)c1. The van der Waals surface area contributed by atoms with E-state index in [9.17, 15) is 4.79 Å². The highest BCUT2D eigenvalue weighted by Crippen LogP contribution is 2.18. The van der Waals surface area contributed by atoms with E-state index in [4.69, 9.17) is 4.74 Å². The number of anilines is 2. The van der Waals surface area contributed by atoms with Crippen LogP contribution in [0.3, 0.4) is 0 Å². The quantitative estimate of drug-likeness (QED) is 0.836. The zero-order valence-electron chi connectivity index (χ0n) is 14.7. The minimum Gasteiger partial charge on any atom is -0.491 e. The predicted molar refractivity (Wildman–Crippen MR) is 98.0 cm³/mol. The van der Waals surface area contributed by atoms with Gasteiger partial charge in [0.1, 0.15) is 11.4 Å². The Morgan fingerprint density at radius 2 is 1.83 bits per heavy atom. The monoisotopic (exact) mass is 327 g/mol. The molecule has 1 N–H and O–H groups in total. The average Bonchev–Trinajstić information content (AvgIpc) is 2.57. The van der Waals surface area contributed by atoms with Crippen LogP contribution in [0.15, 0.2) is 42.6 Å². The molecule has 5 nitrogen and oxygen atoms in total. The summed E-state index contributed by atoms with van der Waals surface area (Å²) in [5.41, 5.74) is 2.12. The fourth-order valence-electron chi connectivity index (χ4n) is 2.41. The minimum absolute atomic E-state index is 0.123. The maximum absolute atomic E-state index is 12.4. The molecule has 2 aromatic rings. The summed E-state index contributed by atoms with van der Waals surface area (Å²) in [6.07, 6.45) is 1.79. The van der Waals surface area contributed by atoms with Crippen LogP contribution >= 0.6 is 0 Å². The number of amides is 1. The smallest absolute Gasteiger partial charge is 0.274 e. The minimum atomic E-state index is -0.221. The van der Waals surface area contributed by atoms with Crippen LogP contribution < -0.4 is 15.0 Å². The molecule has 1 aromatic carbocycles. The third-order valence-electron chi connectivity index (χ3n) is 3.59. The van der Waals surface area contributed by atoms with Crippen LogP contribution in [0.25, 0.3) is 0 Å². The lowest BCUT2D eigenvalue weighted by Gasteiger charge is -2.21. The molecule has 0 spiro atoms. The first-order valence-electron chi connectivity index (χ1n) is 8.32. The van der Waals surface area contributed by atoms with Crippen LogP contribution in [-0.2, 0) is 0 Å². The molecule has 24 heavy (non-hydrogen) atoms. The number of carbonyl (C=O) groups excluding carboxylic acids is 1. The number of nitrogens with zero attached hydrogens (tertiary/aromatic N) is 2. The molecule has 0 aliphatic rings. The number of aromatic nitrogens is 1. The second-order valence-electron chi connectivity index (χ2n) is 5.72. The molecule has 0 atom stereocenters. The highest BCUT2D eigenvalue weighted by atomic mass is 16.5. The Labute approximate surface area is 143 Å². The zero-order chi connectivity index (χ0) is 17.5. The van der Waals surface area contributed by atoms with Gasteiger partial charge in [-0.05, 0) is 64.1 Å². The van der Waals surface area contributed by atoms with Crippen molar-refractivity contribution in [1.29, 1.82) is 0 Å². The fourth-order valence-corrected chi connectivity index (χ4v) is 2.41. The highest BCUT2D eigenvalue weighted by molar-refractivity contribution is 6.03. The van der Waals surface area contributed by atoms with Crippen molar-refractivity contribution < 1.29 is 9.53 Å². The van der Waals surface area contributed by atoms with Gasteiger partial charge in [0, 0.05) is 30.7 Å². The second-order valence-corrected chi connectivity index (χ2v) is 5.72. The van der Waals surface area contributed by atoms with Crippen molar-refractivity contribution >= 4 is 17.3 Å². The maximum atomic E-state index is 12.4. The fraction of sp³-hybridized carbons (Fsp3) is 0.368. The zero-order valence-corrected chi connectivity index (χ0v) is 14.7. The largest absolute Gasteiger partial charge is 0.491 e. The van der Waals surface area contributed by atoms with Gasteiger partial charge < -0.3 is 15.0 Å². The summed E-state index contributed by atoms with van der Waals surface area (Å²) < 4.78 is 5.59. The Morgan fingerprint density at radius 1 is 1.17 bits per heavy atom. The summed E-state index contributed by atoms with van der Waals surface area (Å²) in [6, 6.07) is 11.1. The lowest BCUT2D eigenvalue weighted by molar-refractivity contribution is 0.102. The number of ether oxygens (including phenoxy) is 1. The van der Waals surface area contributed by atoms with Gasteiger partial charge in [0.15, 0.2) is 0 Å². The van der Waals surface area contributed by atoms with E-state index in [0.29, 0.717) is 11.4 Å². The summed E-state index contributed by atoms with van der Waals surface area (Å²) in [7, 11) is 0. The Hall–Kier alpha value is -2.56. The van der Waals surface area contributed by atoms with Crippen LogP contribution in [0.4, 0.5) is 11.4 Å². The Kier molecular flexibility index (Phi) is 6.18. The number of hydrogen-bond acceptors (Lipinski definition) is 4. The molecule has 0 aliphatic heterocycles. The van der Waals surface area contributed by atoms with Crippen LogP contribution in [0.1, 0.15) is 38.2 Å². The molecule has 0 saturated carbocycles. The van der Waals surface area contributed by atoms with Gasteiger partial charge in [-0.1, -0.05) is 0 Å². The van der Waals surface area contributed by atoms with Crippen LogP contribution in [0.5, 0.6) is 5.75 Å². The number of pyridine rings is 1. The highest BCUT2D eigenvalue weighted by Gasteiger charge is 2.11. The van der Waals surface area contributed by atoms with Gasteiger partial charge >= 0.3 is 0 Å². The molecule has 1 aromatic heterocycles. The van der Waals surface area contributed by atoms with Gasteiger partial charge in [-0.3, -0.25) is 9.78 Å². The topological polar surface area (TPSA) is 54.5 Å². The number of benzene rings is 1. The molecule has 0 saturated heterocycles.